The van der Waals surface area contributed by atoms with E-state index < -0.39 is 0 Å². The molecule has 6 aliphatic heterocycles. The molecule has 0 unspecified atom stereocenters. The zero-order valence-corrected chi connectivity index (χ0v) is 34.0. The maximum atomic E-state index is 5.49. The van der Waals surface area contributed by atoms with Crippen LogP contribution in [0.15, 0.2) is 148 Å². The van der Waals surface area contributed by atoms with Gasteiger partial charge in [-0.05, 0) is 95.2 Å². The Morgan fingerprint density at radius 2 is 0.650 bits per heavy atom. The predicted octanol–water partition coefficient (Wildman–Crippen LogP) is 10.3. The average molecular weight is 787 g/mol. The first-order valence-corrected chi connectivity index (χ1v) is 20.6. The lowest BCUT2D eigenvalue weighted by Gasteiger charge is -2.22. The summed E-state index contributed by atoms with van der Waals surface area (Å²) in [4.78, 5) is 27.7. The van der Waals surface area contributed by atoms with Gasteiger partial charge in [-0.25, -0.2) is 9.97 Å². The molecule has 0 saturated carbocycles. The Labute approximate surface area is 352 Å². The van der Waals surface area contributed by atoms with Crippen molar-refractivity contribution in [3.8, 4) is 0 Å². The molecule has 298 valence electrons. The van der Waals surface area contributed by atoms with E-state index in [2.05, 4.69) is 178 Å². The second-order valence-electron chi connectivity index (χ2n) is 15.4. The lowest BCUT2D eigenvalue weighted by Crippen LogP contribution is -2.19. The van der Waals surface area contributed by atoms with Gasteiger partial charge in [-0.2, -0.15) is 0 Å². The van der Waals surface area contributed by atoms with Gasteiger partial charge in [0.15, 0.2) is 0 Å². The highest BCUT2D eigenvalue weighted by Gasteiger charge is 2.22. The number of rotatable bonds is 12. The third-order valence-corrected chi connectivity index (χ3v) is 11.4. The highest BCUT2D eigenvalue weighted by molar-refractivity contribution is 5.99. The van der Waals surface area contributed by atoms with Crippen LogP contribution in [-0.4, -0.2) is 91.9 Å². The smallest absolute Gasteiger partial charge is 0.0737 e. The zero-order valence-electron chi connectivity index (χ0n) is 34.0. The van der Waals surface area contributed by atoms with Gasteiger partial charge in [-0.15, -0.1) is 26.3 Å². The lowest BCUT2D eigenvalue weighted by molar-refractivity contribution is 0.459. The summed E-state index contributed by atoms with van der Waals surface area (Å²) in [7, 11) is 0. The van der Waals surface area contributed by atoms with E-state index in [4.69, 9.17) is 9.97 Å². The molecule has 0 aromatic carbocycles. The minimum Gasteiger partial charge on any atom is -0.370 e. The SMILES string of the molecule is C=CCN1C=CC(c2c3nc(c(C4=CCN(CC=C)C=C4)c4ccc([nH]4)c(C4=CCN(CC=C)C=C4)c4nc(c(C5=CCN(CC=C)C=C5)c5ccc2[nH]5)C=C4)C=C3)=CC1. The third-order valence-electron chi connectivity index (χ3n) is 11.4. The minimum atomic E-state index is 0.775. The highest BCUT2D eigenvalue weighted by Crippen LogP contribution is 2.37. The molecular weight excluding hydrogens is 737 g/mol. The lowest BCUT2D eigenvalue weighted by atomic mass is 10.0. The van der Waals surface area contributed by atoms with Crippen molar-refractivity contribution in [2.75, 3.05) is 52.4 Å². The fourth-order valence-corrected chi connectivity index (χ4v) is 8.49. The van der Waals surface area contributed by atoms with Gasteiger partial charge >= 0.3 is 0 Å². The van der Waals surface area contributed by atoms with Crippen LogP contribution in [-0.2, 0) is 0 Å². The number of nitrogens with one attached hydrogen (secondary N) is 2. The topological polar surface area (TPSA) is 70.3 Å². The van der Waals surface area contributed by atoms with E-state index in [0.717, 1.165) is 142 Å². The quantitative estimate of drug-likeness (QED) is 0.123. The van der Waals surface area contributed by atoms with Gasteiger partial charge in [0.05, 0.1) is 22.8 Å². The number of H-pyrrole nitrogens is 2. The van der Waals surface area contributed by atoms with E-state index in [9.17, 15) is 0 Å². The Morgan fingerprint density at radius 1 is 0.400 bits per heavy atom. The summed E-state index contributed by atoms with van der Waals surface area (Å²) in [6.45, 7) is 22.1. The second-order valence-corrected chi connectivity index (χ2v) is 15.4. The monoisotopic (exact) mass is 786 g/mol. The third kappa shape index (κ3) is 7.55. The van der Waals surface area contributed by atoms with Gasteiger partial charge < -0.3 is 29.6 Å². The standard InChI is InChI=1S/C52H50N8/c1-5-25-57-29-17-37(18-30-57)49-41-9-11-43(53-41)50(38-19-31-58(26-6-2)32-20-38)45-13-15-47(55-45)52(40-23-35-60(28-8-4)36-24-40)48-16-14-46(56-48)51(44-12-10-42(49)54-44)39-21-33-59(27-7-3)34-22-39/h5-24,29,31,33,35,53,56H,1-4,25-28,30,32,34,36H2. The first-order chi connectivity index (χ1) is 29.5. The Bertz CT molecular complexity index is 2400. The van der Waals surface area contributed by atoms with Crippen molar-refractivity contribution in [1.29, 1.82) is 0 Å². The molecule has 0 saturated heterocycles. The van der Waals surface area contributed by atoms with Gasteiger partial charge in [0.25, 0.3) is 0 Å². The molecule has 9 heterocycles. The Hall–Kier alpha value is -7.32. The molecule has 8 nitrogen and oxygen atoms in total. The van der Waals surface area contributed by atoms with Crippen LogP contribution in [0.5, 0.6) is 0 Å². The normalized spacial score (nSPS) is 16.8. The largest absolute Gasteiger partial charge is 0.370 e. The maximum Gasteiger partial charge on any atom is 0.0737 e. The van der Waals surface area contributed by atoms with Crippen LogP contribution < -0.4 is 0 Å². The summed E-state index contributed by atoms with van der Waals surface area (Å²) < 4.78 is 0. The van der Waals surface area contributed by atoms with Crippen molar-refractivity contribution < 1.29 is 0 Å². The summed E-state index contributed by atoms with van der Waals surface area (Å²) in [6, 6.07) is 8.76. The number of allylic oxidation sites excluding steroid dienone is 8. The van der Waals surface area contributed by atoms with Crippen LogP contribution in [0.4, 0.5) is 0 Å². The fraction of sp³-hybridized carbons (Fsp3) is 0.154. The zero-order chi connectivity index (χ0) is 41.0. The number of hydrogen-bond acceptors (Lipinski definition) is 6. The van der Waals surface area contributed by atoms with Crippen molar-refractivity contribution >= 4 is 68.7 Å². The van der Waals surface area contributed by atoms with E-state index in [0.29, 0.717) is 0 Å². The van der Waals surface area contributed by atoms with Gasteiger partial charge in [0.2, 0.25) is 0 Å². The maximum absolute atomic E-state index is 5.49. The molecule has 8 heteroatoms. The first kappa shape index (κ1) is 38.2. The van der Waals surface area contributed by atoms with Crippen molar-refractivity contribution in [2.45, 2.75) is 0 Å². The molecule has 2 N–H and O–H groups in total. The summed E-state index contributed by atoms with van der Waals surface area (Å²) >= 11 is 0. The van der Waals surface area contributed by atoms with Gasteiger partial charge in [0.1, 0.15) is 0 Å². The average Bonchev–Trinajstić information content (AvgIpc) is 4.12. The summed E-state index contributed by atoms with van der Waals surface area (Å²) in [5.74, 6) is 0. The number of aromatic nitrogens is 4. The van der Waals surface area contributed by atoms with E-state index in [1.54, 1.807) is 0 Å². The van der Waals surface area contributed by atoms with Gasteiger partial charge in [-0.3, -0.25) is 0 Å². The Morgan fingerprint density at radius 3 is 0.850 bits per heavy atom. The van der Waals surface area contributed by atoms with Crippen molar-refractivity contribution in [3.63, 3.8) is 0 Å². The van der Waals surface area contributed by atoms with Crippen molar-refractivity contribution in [2.24, 2.45) is 0 Å². The first-order valence-electron chi connectivity index (χ1n) is 20.6. The highest BCUT2D eigenvalue weighted by atomic mass is 15.1. The molecule has 0 atom stereocenters. The Balaban J connectivity index is 1.35. The minimum absolute atomic E-state index is 0.775. The molecule has 60 heavy (non-hydrogen) atoms. The molecule has 9 rings (SSSR count). The van der Waals surface area contributed by atoms with Crippen molar-refractivity contribution in [3.05, 3.63) is 193 Å². The molecule has 6 aliphatic rings. The molecule has 3 aromatic rings. The summed E-state index contributed by atoms with van der Waals surface area (Å²) in [6.07, 6.45) is 42.9. The van der Waals surface area contributed by atoms with Crippen LogP contribution in [0.1, 0.15) is 45.0 Å². The molecular formula is C52H50N8. The van der Waals surface area contributed by atoms with Crippen LogP contribution in [0.3, 0.4) is 0 Å². The number of aromatic amines is 2. The molecule has 0 radical (unpaired) electrons. The van der Waals surface area contributed by atoms with E-state index >= 15 is 0 Å². The van der Waals surface area contributed by atoms with Crippen LogP contribution in [0.2, 0.25) is 0 Å². The molecule has 0 spiro atoms. The molecule has 8 bridgehead atoms. The number of nitrogens with zero attached hydrogens (tertiary/aromatic N) is 6. The molecule has 0 aliphatic carbocycles. The summed E-state index contributed by atoms with van der Waals surface area (Å²) in [5, 5.41) is 0. The van der Waals surface area contributed by atoms with E-state index in [1.807, 2.05) is 24.3 Å². The Kier molecular flexibility index (Phi) is 10.7. The molecule has 0 fully saturated rings. The molecule has 0 amide bonds. The van der Waals surface area contributed by atoms with Gasteiger partial charge in [0, 0.05) is 121 Å². The predicted molar refractivity (Wildman–Crippen MR) is 254 cm³/mol. The second kappa shape index (κ2) is 16.9. The number of hydrogen-bond donors (Lipinski definition) is 2. The fourth-order valence-electron chi connectivity index (χ4n) is 8.49. The summed E-state index contributed by atoms with van der Waals surface area (Å²) in [5.41, 5.74) is 16.2. The van der Waals surface area contributed by atoms with Gasteiger partial charge in [-0.1, -0.05) is 48.6 Å². The number of fused-ring (bicyclic) bond motifs is 8. The van der Waals surface area contributed by atoms with E-state index in [1.165, 1.54) is 0 Å². The van der Waals surface area contributed by atoms with Crippen molar-refractivity contribution in [1.82, 2.24) is 39.5 Å². The van der Waals surface area contributed by atoms with E-state index in [-0.39, 0.29) is 0 Å². The van der Waals surface area contributed by atoms with Crippen LogP contribution in [0.25, 0.3) is 68.7 Å². The van der Waals surface area contributed by atoms with Crippen LogP contribution >= 0.6 is 0 Å². The molecule has 3 aromatic heterocycles. The van der Waals surface area contributed by atoms with Crippen LogP contribution in [0, 0.1) is 0 Å².